The van der Waals surface area contributed by atoms with E-state index in [1.54, 1.807) is 50.7 Å². The van der Waals surface area contributed by atoms with E-state index in [-0.39, 0.29) is 53.3 Å². The van der Waals surface area contributed by atoms with Crippen molar-refractivity contribution in [3.05, 3.63) is 58.9 Å². The Morgan fingerprint density at radius 3 is 2.63 bits per heavy atom. The van der Waals surface area contributed by atoms with Crippen LogP contribution in [-0.2, 0) is 16.6 Å². The molecule has 10 nitrogen and oxygen atoms in total. The molecule has 0 spiro atoms. The predicted octanol–water partition coefficient (Wildman–Crippen LogP) is 6.25. The summed E-state index contributed by atoms with van der Waals surface area (Å²) in [4.78, 5) is 36.4. The number of anilines is 2. The number of amides is 2. The maximum absolute atomic E-state index is 15.8. The first-order valence-electron chi connectivity index (χ1n) is 14.0. The number of carbonyl (C=O) groups excluding carboxylic acids is 2. The second-order valence-electron chi connectivity index (χ2n) is 12.1. The molecule has 1 N–H and O–H groups in total. The lowest BCUT2D eigenvalue weighted by molar-refractivity contribution is -0.117. The van der Waals surface area contributed by atoms with Crippen molar-refractivity contribution in [1.82, 2.24) is 19.7 Å². The Morgan fingerprint density at radius 2 is 1.93 bits per heavy atom. The van der Waals surface area contributed by atoms with Crippen LogP contribution in [0.4, 0.5) is 20.7 Å². The quantitative estimate of drug-likeness (QED) is 0.292. The molecule has 1 fully saturated rings. The van der Waals surface area contributed by atoms with Gasteiger partial charge in [0.05, 0.1) is 17.8 Å². The van der Waals surface area contributed by atoms with Gasteiger partial charge in [-0.15, -0.1) is 0 Å². The zero-order valence-electron chi connectivity index (χ0n) is 24.7. The average molecular weight is 607 g/mol. The molecule has 1 aliphatic carbocycles. The van der Waals surface area contributed by atoms with Gasteiger partial charge >= 0.3 is 6.09 Å². The molecule has 4 heterocycles. The zero-order chi connectivity index (χ0) is 30.8. The highest BCUT2D eigenvalue weighted by Crippen LogP contribution is 2.54. The average Bonchev–Trinajstić information content (AvgIpc) is 3.43. The Balaban J connectivity index is 1.33. The van der Waals surface area contributed by atoms with E-state index in [2.05, 4.69) is 20.4 Å². The number of ether oxygens (including phenoxy) is 2. The van der Waals surface area contributed by atoms with Gasteiger partial charge in [0.25, 0.3) is 0 Å². The summed E-state index contributed by atoms with van der Waals surface area (Å²) in [6, 6.07) is 3.31. The molecule has 1 saturated carbocycles. The lowest BCUT2D eigenvalue weighted by Crippen LogP contribution is -2.42. The second-order valence-corrected chi connectivity index (χ2v) is 12.5. The van der Waals surface area contributed by atoms with Gasteiger partial charge in [-0.1, -0.05) is 18.5 Å². The molecular formula is C31H32ClFN6O4. The van der Waals surface area contributed by atoms with Crippen LogP contribution in [0.5, 0.6) is 5.88 Å². The first-order chi connectivity index (χ1) is 20.3. The molecule has 2 unspecified atom stereocenters. The molecule has 3 atom stereocenters. The van der Waals surface area contributed by atoms with Crippen molar-refractivity contribution in [2.75, 3.05) is 23.4 Å². The standard InChI is InChI=1S/C31H32ClFN6O4/c1-15-20(12-35-29-27(15)39(7-8-42-29)30(41)43-31(3,4)5)19-9-17-10-22(34-13-21(17)25(32)26(19)33)37-28(40)24-16(2)23(24)18-11-36-38(6)14-18/h9-14,16,23-24H,7-8H2,1-6H3,(H,34,37,40)/t16?,23?,24-/m0/s1. The Morgan fingerprint density at radius 1 is 1.16 bits per heavy atom. The molecule has 2 amide bonds. The van der Waals surface area contributed by atoms with Crippen LogP contribution in [0.1, 0.15) is 44.7 Å². The van der Waals surface area contributed by atoms with Crippen molar-refractivity contribution >= 4 is 45.9 Å². The summed E-state index contributed by atoms with van der Waals surface area (Å²) in [7, 11) is 1.85. The number of hydrogen-bond acceptors (Lipinski definition) is 7. The van der Waals surface area contributed by atoms with Gasteiger partial charge in [0, 0.05) is 54.0 Å². The third-order valence-corrected chi connectivity index (χ3v) is 8.31. The Labute approximate surface area is 253 Å². The van der Waals surface area contributed by atoms with E-state index >= 15 is 4.39 Å². The molecule has 43 heavy (non-hydrogen) atoms. The predicted molar refractivity (Wildman–Crippen MR) is 161 cm³/mol. The van der Waals surface area contributed by atoms with Crippen LogP contribution in [0.2, 0.25) is 5.02 Å². The Hall–Kier alpha value is -4.25. The molecule has 6 rings (SSSR count). The number of rotatable bonds is 4. The topological polar surface area (TPSA) is 111 Å². The van der Waals surface area contributed by atoms with Gasteiger partial charge in [-0.25, -0.2) is 19.2 Å². The molecule has 1 aliphatic heterocycles. The van der Waals surface area contributed by atoms with Crippen LogP contribution in [0.3, 0.4) is 0 Å². The molecular weight excluding hydrogens is 575 g/mol. The maximum Gasteiger partial charge on any atom is 0.415 e. The Kier molecular flexibility index (Phi) is 7.03. The molecule has 0 radical (unpaired) electrons. The minimum Gasteiger partial charge on any atom is -0.474 e. The molecule has 0 saturated heterocycles. The minimum atomic E-state index is -0.704. The van der Waals surface area contributed by atoms with Gasteiger partial charge in [-0.2, -0.15) is 5.10 Å². The first kappa shape index (κ1) is 28.9. The molecule has 0 bridgehead atoms. The molecule has 1 aromatic carbocycles. The van der Waals surface area contributed by atoms with Gasteiger partial charge in [0.2, 0.25) is 11.8 Å². The highest BCUT2D eigenvalue weighted by Gasteiger charge is 2.53. The van der Waals surface area contributed by atoms with Crippen molar-refractivity contribution in [3.63, 3.8) is 0 Å². The van der Waals surface area contributed by atoms with Gasteiger partial charge in [-0.05, 0) is 62.3 Å². The number of aryl methyl sites for hydroxylation is 1. The summed E-state index contributed by atoms with van der Waals surface area (Å²) in [5, 5.41) is 8.01. The normalized spacial score (nSPS) is 19.5. The smallest absolute Gasteiger partial charge is 0.415 e. The highest BCUT2D eigenvalue weighted by molar-refractivity contribution is 6.36. The van der Waals surface area contributed by atoms with Crippen LogP contribution in [0, 0.1) is 24.6 Å². The van der Waals surface area contributed by atoms with E-state index in [4.69, 9.17) is 21.1 Å². The molecule has 3 aromatic heterocycles. The van der Waals surface area contributed by atoms with Crippen LogP contribution in [0.25, 0.3) is 21.9 Å². The summed E-state index contributed by atoms with van der Waals surface area (Å²) in [5.74, 6) is -0.133. The zero-order valence-corrected chi connectivity index (χ0v) is 25.5. The van der Waals surface area contributed by atoms with E-state index in [1.807, 2.05) is 20.2 Å². The number of pyridine rings is 2. The number of nitrogens with zero attached hydrogens (tertiary/aromatic N) is 5. The van der Waals surface area contributed by atoms with Gasteiger partial charge in [0.1, 0.15) is 29.5 Å². The monoisotopic (exact) mass is 606 g/mol. The van der Waals surface area contributed by atoms with Crippen molar-refractivity contribution in [2.24, 2.45) is 18.9 Å². The molecule has 2 aliphatic rings. The second kappa shape index (κ2) is 10.5. The van der Waals surface area contributed by atoms with Crippen LogP contribution >= 0.6 is 11.6 Å². The van der Waals surface area contributed by atoms with Crippen molar-refractivity contribution in [2.45, 2.75) is 46.1 Å². The molecule has 12 heteroatoms. The number of nitrogens with one attached hydrogen (secondary N) is 1. The Bertz CT molecular complexity index is 1780. The van der Waals surface area contributed by atoms with Gasteiger partial charge in [-0.3, -0.25) is 14.4 Å². The van der Waals surface area contributed by atoms with E-state index in [0.717, 1.165) is 5.56 Å². The van der Waals surface area contributed by atoms with Gasteiger partial charge < -0.3 is 14.8 Å². The maximum atomic E-state index is 15.8. The number of benzene rings is 1. The lowest BCUT2D eigenvalue weighted by Gasteiger charge is -2.32. The first-order valence-corrected chi connectivity index (χ1v) is 14.4. The van der Waals surface area contributed by atoms with E-state index < -0.39 is 17.5 Å². The third-order valence-electron chi connectivity index (χ3n) is 7.94. The van der Waals surface area contributed by atoms with E-state index in [1.165, 1.54) is 17.3 Å². The summed E-state index contributed by atoms with van der Waals surface area (Å²) >= 11 is 6.52. The lowest BCUT2D eigenvalue weighted by atomic mass is 9.97. The van der Waals surface area contributed by atoms with Crippen molar-refractivity contribution < 1.29 is 23.5 Å². The fraction of sp³-hybridized carbons (Fsp3) is 0.387. The van der Waals surface area contributed by atoms with E-state index in [0.29, 0.717) is 33.4 Å². The number of halogens is 2. The largest absolute Gasteiger partial charge is 0.474 e. The van der Waals surface area contributed by atoms with Crippen LogP contribution in [-0.4, -0.2) is 50.5 Å². The van der Waals surface area contributed by atoms with Crippen molar-refractivity contribution in [3.8, 4) is 17.0 Å². The highest BCUT2D eigenvalue weighted by atomic mass is 35.5. The number of carbonyl (C=O) groups is 2. The third kappa shape index (κ3) is 5.26. The van der Waals surface area contributed by atoms with Gasteiger partial charge in [0.15, 0.2) is 0 Å². The summed E-state index contributed by atoms with van der Waals surface area (Å²) in [6.45, 7) is 9.67. The molecule has 224 valence electrons. The summed E-state index contributed by atoms with van der Waals surface area (Å²) < 4.78 is 28.8. The number of fused-ring (bicyclic) bond motifs is 2. The minimum absolute atomic E-state index is 0.0907. The van der Waals surface area contributed by atoms with E-state index in [9.17, 15) is 9.59 Å². The van der Waals surface area contributed by atoms with Crippen LogP contribution in [0.15, 0.2) is 36.9 Å². The number of hydrogen-bond donors (Lipinski definition) is 1. The molecule has 4 aromatic rings. The summed E-state index contributed by atoms with van der Waals surface area (Å²) in [6.07, 6.45) is 6.13. The van der Waals surface area contributed by atoms with Crippen LogP contribution < -0.4 is 15.0 Å². The van der Waals surface area contributed by atoms with Crippen molar-refractivity contribution in [1.29, 1.82) is 0 Å². The summed E-state index contributed by atoms with van der Waals surface area (Å²) in [5.41, 5.74) is 1.95. The SMILES string of the molecule is Cc1c(-c2cc3cc(NC(=O)[C@H]4C(C)C4c4cnn(C)c4)ncc3c(Cl)c2F)cnc2c1N(C(=O)OC(C)(C)C)CCO2. The fourth-order valence-corrected chi connectivity index (χ4v) is 6.06. The fourth-order valence-electron chi connectivity index (χ4n) is 5.80. The number of aromatic nitrogens is 4.